The van der Waals surface area contributed by atoms with E-state index in [0.717, 1.165) is 31.6 Å². The zero-order valence-corrected chi connectivity index (χ0v) is 15.9. The fourth-order valence-electron chi connectivity index (χ4n) is 3.89. The van der Waals surface area contributed by atoms with Crippen molar-refractivity contribution in [2.45, 2.75) is 12.8 Å². The molecule has 1 saturated heterocycles. The number of para-hydroxylation sites is 1. The zero-order valence-electron chi connectivity index (χ0n) is 15.9. The fourth-order valence-corrected chi connectivity index (χ4v) is 3.89. The molecule has 2 aliphatic heterocycles. The van der Waals surface area contributed by atoms with Gasteiger partial charge in [0.2, 0.25) is 5.95 Å². The number of rotatable bonds is 4. The highest BCUT2D eigenvalue weighted by Crippen LogP contribution is 2.33. The molecule has 0 bridgehead atoms. The normalized spacial score (nSPS) is 16.6. The Labute approximate surface area is 168 Å². The number of anilines is 1. The number of carbonyl (C=O) groups excluding carboxylic acids is 1. The lowest BCUT2D eigenvalue weighted by molar-refractivity contribution is 0.0899. The molecule has 29 heavy (non-hydrogen) atoms. The third-order valence-electron chi connectivity index (χ3n) is 5.43. The molecule has 2 aromatic carbocycles. The van der Waals surface area contributed by atoms with Crippen LogP contribution in [0.15, 0.2) is 48.5 Å². The molecule has 0 saturated carbocycles. The van der Waals surface area contributed by atoms with Crippen molar-refractivity contribution in [2.75, 3.05) is 31.2 Å². The highest BCUT2D eigenvalue weighted by atomic mass is 16.6. The van der Waals surface area contributed by atoms with E-state index in [4.69, 9.17) is 9.47 Å². The first-order chi connectivity index (χ1) is 14.3. The molecule has 0 amide bonds. The standard InChI is InChI=1S/C21H21N5O3/c27-20(16-6-7-18-19(14-16)29-13-12-28-18)15-8-10-25(11-9-15)21-22-23-24-26(21)17-4-2-1-3-5-17/h1-7,14-15H,8-13H2. The highest BCUT2D eigenvalue weighted by molar-refractivity contribution is 5.98. The van der Waals surface area contributed by atoms with Crippen molar-refractivity contribution in [1.82, 2.24) is 20.2 Å². The quantitative estimate of drug-likeness (QED) is 0.632. The van der Waals surface area contributed by atoms with Crippen LogP contribution in [0.2, 0.25) is 0 Å². The summed E-state index contributed by atoms with van der Waals surface area (Å²) in [5.74, 6) is 2.21. The van der Waals surface area contributed by atoms with Crippen molar-refractivity contribution in [1.29, 1.82) is 0 Å². The molecule has 148 valence electrons. The van der Waals surface area contributed by atoms with Crippen LogP contribution in [-0.4, -0.2) is 52.3 Å². The molecule has 0 radical (unpaired) electrons. The first-order valence-electron chi connectivity index (χ1n) is 9.82. The van der Waals surface area contributed by atoms with Crippen LogP contribution < -0.4 is 14.4 Å². The number of ether oxygens (including phenoxy) is 2. The van der Waals surface area contributed by atoms with Crippen molar-refractivity contribution in [3.05, 3.63) is 54.1 Å². The number of carbonyl (C=O) groups is 1. The molecular formula is C21H21N5O3. The first kappa shape index (κ1) is 17.7. The number of benzene rings is 2. The molecule has 0 N–H and O–H groups in total. The summed E-state index contributed by atoms with van der Waals surface area (Å²) >= 11 is 0. The van der Waals surface area contributed by atoms with E-state index in [2.05, 4.69) is 20.4 Å². The van der Waals surface area contributed by atoms with Crippen LogP contribution in [0.3, 0.4) is 0 Å². The number of hydrogen-bond acceptors (Lipinski definition) is 7. The largest absolute Gasteiger partial charge is 0.486 e. The van der Waals surface area contributed by atoms with Crippen LogP contribution >= 0.6 is 0 Å². The number of ketones is 1. The van der Waals surface area contributed by atoms with E-state index in [0.29, 0.717) is 36.2 Å². The third-order valence-corrected chi connectivity index (χ3v) is 5.43. The van der Waals surface area contributed by atoms with Crippen molar-refractivity contribution in [3.63, 3.8) is 0 Å². The SMILES string of the molecule is O=C(c1ccc2c(c1)OCCO2)C1CCN(c2nnnn2-c2ccccc2)CC1. The second-order valence-electron chi connectivity index (χ2n) is 7.21. The van der Waals surface area contributed by atoms with Crippen LogP contribution in [-0.2, 0) is 0 Å². The van der Waals surface area contributed by atoms with Crippen LogP contribution in [0.4, 0.5) is 5.95 Å². The van der Waals surface area contributed by atoms with E-state index in [1.807, 2.05) is 42.5 Å². The number of Topliss-reactive ketones (excluding diaryl/α,β-unsaturated/α-hetero) is 1. The predicted molar refractivity (Wildman–Crippen MR) is 106 cm³/mol. The maximum atomic E-state index is 13.0. The smallest absolute Gasteiger partial charge is 0.250 e. The monoisotopic (exact) mass is 391 g/mol. The predicted octanol–water partition coefficient (Wildman–Crippen LogP) is 2.53. The van der Waals surface area contributed by atoms with Gasteiger partial charge in [-0.25, -0.2) is 0 Å². The third kappa shape index (κ3) is 3.41. The summed E-state index contributed by atoms with van der Waals surface area (Å²) in [7, 11) is 0. The molecule has 3 heterocycles. The van der Waals surface area contributed by atoms with E-state index in [1.54, 1.807) is 10.7 Å². The average molecular weight is 391 g/mol. The van der Waals surface area contributed by atoms with Gasteiger partial charge in [-0.2, -0.15) is 4.68 Å². The van der Waals surface area contributed by atoms with E-state index in [-0.39, 0.29) is 11.7 Å². The first-order valence-corrected chi connectivity index (χ1v) is 9.82. The minimum absolute atomic E-state index is 0.0186. The van der Waals surface area contributed by atoms with Crippen LogP contribution in [0, 0.1) is 5.92 Å². The van der Waals surface area contributed by atoms with Gasteiger partial charge in [-0.3, -0.25) is 4.79 Å². The minimum atomic E-state index is -0.0186. The highest BCUT2D eigenvalue weighted by Gasteiger charge is 2.29. The summed E-state index contributed by atoms with van der Waals surface area (Å²) in [6.07, 6.45) is 1.52. The molecule has 8 nitrogen and oxygen atoms in total. The Morgan fingerprint density at radius 1 is 0.966 bits per heavy atom. The molecule has 0 unspecified atom stereocenters. The van der Waals surface area contributed by atoms with Gasteiger partial charge in [0.15, 0.2) is 17.3 Å². The lowest BCUT2D eigenvalue weighted by Crippen LogP contribution is -2.38. The Balaban J connectivity index is 1.28. The summed E-state index contributed by atoms with van der Waals surface area (Å²) in [6, 6.07) is 15.3. The summed E-state index contributed by atoms with van der Waals surface area (Å²) in [4.78, 5) is 15.1. The van der Waals surface area contributed by atoms with Crippen LogP contribution in [0.25, 0.3) is 5.69 Å². The maximum Gasteiger partial charge on any atom is 0.250 e. The average Bonchev–Trinajstić information content (AvgIpc) is 3.29. The molecule has 0 aliphatic carbocycles. The summed E-state index contributed by atoms with van der Waals surface area (Å²) in [5, 5.41) is 12.2. The Kier molecular flexibility index (Phi) is 4.59. The van der Waals surface area contributed by atoms with Crippen LogP contribution in [0.5, 0.6) is 11.5 Å². The number of hydrogen-bond donors (Lipinski definition) is 0. The van der Waals surface area contributed by atoms with Gasteiger partial charge in [0.25, 0.3) is 0 Å². The van der Waals surface area contributed by atoms with Gasteiger partial charge >= 0.3 is 0 Å². The summed E-state index contributed by atoms with van der Waals surface area (Å²) < 4.78 is 12.9. The lowest BCUT2D eigenvalue weighted by Gasteiger charge is -2.31. The van der Waals surface area contributed by atoms with Crippen molar-refractivity contribution in [2.24, 2.45) is 5.92 Å². The van der Waals surface area contributed by atoms with E-state index < -0.39 is 0 Å². The van der Waals surface area contributed by atoms with E-state index in [1.165, 1.54) is 0 Å². The van der Waals surface area contributed by atoms with E-state index in [9.17, 15) is 4.79 Å². The Morgan fingerprint density at radius 2 is 1.72 bits per heavy atom. The van der Waals surface area contributed by atoms with Gasteiger partial charge in [0, 0.05) is 24.6 Å². The Hall–Kier alpha value is -3.42. The number of tetrazole rings is 1. The van der Waals surface area contributed by atoms with Gasteiger partial charge in [0.05, 0.1) is 5.69 Å². The van der Waals surface area contributed by atoms with Crippen molar-refractivity contribution < 1.29 is 14.3 Å². The minimum Gasteiger partial charge on any atom is -0.486 e. The van der Waals surface area contributed by atoms with Gasteiger partial charge in [0.1, 0.15) is 13.2 Å². The molecule has 5 rings (SSSR count). The number of nitrogens with zero attached hydrogens (tertiary/aromatic N) is 5. The molecule has 0 atom stereocenters. The molecular weight excluding hydrogens is 370 g/mol. The number of piperidine rings is 1. The maximum absolute atomic E-state index is 13.0. The molecule has 1 aromatic heterocycles. The fraction of sp³-hybridized carbons (Fsp3) is 0.333. The molecule has 8 heteroatoms. The number of aromatic nitrogens is 4. The summed E-state index contributed by atoms with van der Waals surface area (Å²) in [5.41, 5.74) is 1.60. The van der Waals surface area contributed by atoms with Gasteiger partial charge in [-0.15, -0.1) is 0 Å². The van der Waals surface area contributed by atoms with Gasteiger partial charge in [-0.05, 0) is 53.6 Å². The molecule has 0 spiro atoms. The molecule has 3 aromatic rings. The van der Waals surface area contributed by atoms with E-state index >= 15 is 0 Å². The second kappa shape index (κ2) is 7.54. The second-order valence-corrected chi connectivity index (χ2v) is 7.21. The number of fused-ring (bicyclic) bond motifs is 1. The molecule has 1 fully saturated rings. The molecule has 2 aliphatic rings. The van der Waals surface area contributed by atoms with Crippen LogP contribution in [0.1, 0.15) is 23.2 Å². The van der Waals surface area contributed by atoms with Crippen molar-refractivity contribution >= 4 is 11.7 Å². The Bertz CT molecular complexity index is 1010. The van der Waals surface area contributed by atoms with Gasteiger partial charge < -0.3 is 14.4 Å². The lowest BCUT2D eigenvalue weighted by atomic mass is 9.89. The Morgan fingerprint density at radius 3 is 2.52 bits per heavy atom. The zero-order chi connectivity index (χ0) is 19.6. The van der Waals surface area contributed by atoms with Crippen molar-refractivity contribution in [3.8, 4) is 17.2 Å². The topological polar surface area (TPSA) is 82.4 Å². The summed E-state index contributed by atoms with van der Waals surface area (Å²) in [6.45, 7) is 2.52. The van der Waals surface area contributed by atoms with Gasteiger partial charge in [-0.1, -0.05) is 23.3 Å².